The summed E-state index contributed by atoms with van der Waals surface area (Å²) in [6, 6.07) is 6.42. The molecule has 3 heteroatoms. The van der Waals surface area contributed by atoms with Crippen molar-refractivity contribution in [2.75, 3.05) is 13.2 Å². The first-order chi connectivity index (χ1) is 7.59. The van der Waals surface area contributed by atoms with Crippen molar-refractivity contribution in [1.82, 2.24) is 5.32 Å². The molecule has 0 spiro atoms. The van der Waals surface area contributed by atoms with Gasteiger partial charge >= 0.3 is 0 Å². The Bertz CT molecular complexity index is 326. The monoisotopic (exact) mass is 285 g/mol. The van der Waals surface area contributed by atoms with Gasteiger partial charge in [0.15, 0.2) is 0 Å². The minimum absolute atomic E-state index is 0.313. The van der Waals surface area contributed by atoms with Gasteiger partial charge in [-0.15, -0.1) is 0 Å². The predicted octanol–water partition coefficient (Wildman–Crippen LogP) is 3.27. The molecular formula is C13H20BrNO. The first-order valence-electron chi connectivity index (χ1n) is 5.67. The van der Waals surface area contributed by atoms with Crippen LogP contribution < -0.4 is 5.32 Å². The summed E-state index contributed by atoms with van der Waals surface area (Å²) in [5.74, 6) is 0. The van der Waals surface area contributed by atoms with Crippen molar-refractivity contribution < 1.29 is 4.74 Å². The molecule has 0 bridgehead atoms. The number of rotatable bonds is 6. The van der Waals surface area contributed by atoms with E-state index < -0.39 is 0 Å². The van der Waals surface area contributed by atoms with E-state index in [4.69, 9.17) is 4.74 Å². The minimum Gasteiger partial charge on any atom is -0.377 e. The second kappa shape index (κ2) is 7.05. The van der Waals surface area contributed by atoms with E-state index in [2.05, 4.69) is 60.2 Å². The summed E-state index contributed by atoms with van der Waals surface area (Å²) in [4.78, 5) is 0. The lowest BCUT2D eigenvalue weighted by Gasteiger charge is -2.09. The highest BCUT2D eigenvalue weighted by atomic mass is 79.9. The fourth-order valence-corrected chi connectivity index (χ4v) is 2.02. The summed E-state index contributed by atoms with van der Waals surface area (Å²) in [6.45, 7) is 8.73. The van der Waals surface area contributed by atoms with E-state index in [-0.39, 0.29) is 0 Å². The van der Waals surface area contributed by atoms with Crippen molar-refractivity contribution in [3.63, 3.8) is 0 Å². The van der Waals surface area contributed by atoms with E-state index in [9.17, 15) is 0 Å². The lowest BCUT2D eigenvalue weighted by molar-refractivity contribution is 0.0807. The molecule has 16 heavy (non-hydrogen) atoms. The fraction of sp³-hybridized carbons (Fsp3) is 0.538. The van der Waals surface area contributed by atoms with Gasteiger partial charge in [-0.05, 0) is 38.0 Å². The van der Waals surface area contributed by atoms with E-state index in [1.165, 1.54) is 15.6 Å². The number of ether oxygens (including phenoxy) is 1. The average Bonchev–Trinajstić information content (AvgIpc) is 2.20. The summed E-state index contributed by atoms with van der Waals surface area (Å²) in [5, 5.41) is 3.36. The molecule has 0 unspecified atom stereocenters. The van der Waals surface area contributed by atoms with Crippen molar-refractivity contribution in [2.24, 2.45) is 0 Å². The smallest absolute Gasteiger partial charge is 0.0594 e. The van der Waals surface area contributed by atoms with E-state index >= 15 is 0 Å². The molecule has 0 heterocycles. The van der Waals surface area contributed by atoms with Gasteiger partial charge in [0.25, 0.3) is 0 Å². The Labute approximate surface area is 107 Å². The van der Waals surface area contributed by atoms with Crippen LogP contribution in [0.1, 0.15) is 25.0 Å². The number of aryl methyl sites for hydroxylation is 1. The van der Waals surface area contributed by atoms with E-state index in [0.717, 1.165) is 19.7 Å². The molecular weight excluding hydrogens is 266 g/mol. The van der Waals surface area contributed by atoms with Crippen molar-refractivity contribution in [2.45, 2.75) is 33.4 Å². The summed E-state index contributed by atoms with van der Waals surface area (Å²) in [7, 11) is 0. The molecule has 0 fully saturated rings. The molecule has 0 aliphatic heterocycles. The fourth-order valence-electron chi connectivity index (χ4n) is 1.39. The Morgan fingerprint density at radius 3 is 2.75 bits per heavy atom. The van der Waals surface area contributed by atoms with E-state index in [0.29, 0.717) is 6.10 Å². The highest BCUT2D eigenvalue weighted by Crippen LogP contribution is 2.17. The number of benzene rings is 1. The SMILES string of the molecule is Cc1ccc(CNCCOC(C)C)c(Br)c1. The number of nitrogens with one attached hydrogen (secondary N) is 1. The van der Waals surface area contributed by atoms with Crippen molar-refractivity contribution >= 4 is 15.9 Å². The molecule has 0 amide bonds. The summed E-state index contributed by atoms with van der Waals surface area (Å²) < 4.78 is 6.63. The van der Waals surface area contributed by atoms with Gasteiger partial charge in [0.2, 0.25) is 0 Å². The second-order valence-electron chi connectivity index (χ2n) is 4.19. The zero-order chi connectivity index (χ0) is 12.0. The van der Waals surface area contributed by atoms with Crippen molar-refractivity contribution in [1.29, 1.82) is 0 Å². The third kappa shape index (κ3) is 5.10. The molecule has 0 aliphatic rings. The van der Waals surface area contributed by atoms with Gasteiger partial charge in [0.05, 0.1) is 12.7 Å². The Hall–Kier alpha value is -0.380. The van der Waals surface area contributed by atoms with Gasteiger partial charge in [-0.1, -0.05) is 28.1 Å². The molecule has 1 aromatic rings. The second-order valence-corrected chi connectivity index (χ2v) is 5.05. The minimum atomic E-state index is 0.313. The molecule has 1 N–H and O–H groups in total. The van der Waals surface area contributed by atoms with Crippen molar-refractivity contribution in [3.8, 4) is 0 Å². The van der Waals surface area contributed by atoms with Crippen LogP contribution in [0.4, 0.5) is 0 Å². The molecule has 0 aromatic heterocycles. The lowest BCUT2D eigenvalue weighted by atomic mass is 10.1. The largest absolute Gasteiger partial charge is 0.377 e. The van der Waals surface area contributed by atoms with Crippen LogP contribution in [0.25, 0.3) is 0 Å². The van der Waals surface area contributed by atoms with Crippen LogP contribution in [0.15, 0.2) is 22.7 Å². The standard InChI is InChI=1S/C13H20BrNO/c1-10(2)16-7-6-15-9-12-5-4-11(3)8-13(12)14/h4-5,8,10,15H,6-7,9H2,1-3H3. The molecule has 1 rings (SSSR count). The number of hydrogen-bond acceptors (Lipinski definition) is 2. The Balaban J connectivity index is 2.27. The normalized spacial score (nSPS) is 11.1. The zero-order valence-electron chi connectivity index (χ0n) is 10.2. The molecule has 0 saturated heterocycles. The summed E-state index contributed by atoms with van der Waals surface area (Å²) >= 11 is 3.57. The van der Waals surface area contributed by atoms with Gasteiger partial charge < -0.3 is 10.1 Å². The highest BCUT2D eigenvalue weighted by molar-refractivity contribution is 9.10. The first-order valence-corrected chi connectivity index (χ1v) is 6.46. The molecule has 0 saturated carbocycles. The van der Waals surface area contributed by atoms with Gasteiger partial charge in [-0.25, -0.2) is 0 Å². The topological polar surface area (TPSA) is 21.3 Å². The van der Waals surface area contributed by atoms with E-state index in [1.807, 2.05) is 0 Å². The molecule has 90 valence electrons. The maximum absolute atomic E-state index is 5.45. The van der Waals surface area contributed by atoms with Crippen LogP contribution in [-0.4, -0.2) is 19.3 Å². The van der Waals surface area contributed by atoms with Crippen LogP contribution in [0.3, 0.4) is 0 Å². The van der Waals surface area contributed by atoms with Crippen LogP contribution in [0.2, 0.25) is 0 Å². The van der Waals surface area contributed by atoms with Crippen LogP contribution in [-0.2, 0) is 11.3 Å². The van der Waals surface area contributed by atoms with Crippen LogP contribution in [0, 0.1) is 6.92 Å². The third-order valence-corrected chi connectivity index (χ3v) is 2.99. The number of halogens is 1. The maximum atomic E-state index is 5.45. The summed E-state index contributed by atoms with van der Waals surface area (Å²) in [6.07, 6.45) is 0.313. The zero-order valence-corrected chi connectivity index (χ0v) is 11.8. The third-order valence-electron chi connectivity index (χ3n) is 2.25. The van der Waals surface area contributed by atoms with Gasteiger partial charge in [0, 0.05) is 17.6 Å². The number of hydrogen-bond donors (Lipinski definition) is 1. The Morgan fingerprint density at radius 1 is 1.38 bits per heavy atom. The highest BCUT2D eigenvalue weighted by Gasteiger charge is 1.99. The Kier molecular flexibility index (Phi) is 6.03. The van der Waals surface area contributed by atoms with Gasteiger partial charge in [-0.3, -0.25) is 0 Å². The lowest BCUT2D eigenvalue weighted by Crippen LogP contribution is -2.21. The summed E-state index contributed by atoms with van der Waals surface area (Å²) in [5.41, 5.74) is 2.56. The molecule has 0 aliphatic carbocycles. The average molecular weight is 286 g/mol. The molecule has 1 aromatic carbocycles. The molecule has 0 radical (unpaired) electrons. The Morgan fingerprint density at radius 2 is 2.12 bits per heavy atom. The van der Waals surface area contributed by atoms with Crippen molar-refractivity contribution in [3.05, 3.63) is 33.8 Å². The predicted molar refractivity (Wildman–Crippen MR) is 71.7 cm³/mol. The molecule has 2 nitrogen and oxygen atoms in total. The van der Waals surface area contributed by atoms with Gasteiger partial charge in [-0.2, -0.15) is 0 Å². The first kappa shape index (κ1) is 13.7. The molecule has 0 atom stereocenters. The van der Waals surface area contributed by atoms with E-state index in [1.54, 1.807) is 0 Å². The quantitative estimate of drug-likeness (QED) is 0.810. The van der Waals surface area contributed by atoms with Gasteiger partial charge in [0.1, 0.15) is 0 Å². The van der Waals surface area contributed by atoms with Crippen LogP contribution >= 0.6 is 15.9 Å². The van der Waals surface area contributed by atoms with Crippen LogP contribution in [0.5, 0.6) is 0 Å². The maximum Gasteiger partial charge on any atom is 0.0594 e.